The third kappa shape index (κ3) is 4.79. The van der Waals surface area contributed by atoms with Gasteiger partial charge in [-0.3, -0.25) is 0 Å². The van der Waals surface area contributed by atoms with E-state index in [1.807, 2.05) is 36.4 Å². The fraction of sp³-hybridized carbons (Fsp3) is 0.188. The number of rotatable bonds is 6. The molecule has 2 rings (SSSR count). The van der Waals surface area contributed by atoms with Crippen LogP contribution < -0.4 is 9.47 Å². The largest absolute Gasteiger partial charge is 0.496 e. The van der Waals surface area contributed by atoms with Gasteiger partial charge in [-0.15, -0.1) is 0 Å². The number of carbonyl (C=O) groups is 1. The maximum absolute atomic E-state index is 11.7. The normalized spacial score (nSPS) is 10.0. The Kier molecular flexibility index (Phi) is 5.63. The average Bonchev–Trinajstić information content (AvgIpc) is 2.52. The molecule has 0 N–H and O–H groups in total. The van der Waals surface area contributed by atoms with Gasteiger partial charge < -0.3 is 14.2 Å². The molecule has 5 heteroatoms. The van der Waals surface area contributed by atoms with Crippen LogP contribution in [0.3, 0.4) is 0 Å². The Morgan fingerprint density at radius 2 is 1.81 bits per heavy atom. The number of carbonyl (C=O) groups excluding carboxylic acids is 1. The predicted octanol–water partition coefficient (Wildman–Crippen LogP) is 3.58. The molecular formula is C16H15BrO4. The van der Waals surface area contributed by atoms with Crippen LogP contribution in [-0.2, 0) is 16.1 Å². The molecule has 0 unspecified atom stereocenters. The van der Waals surface area contributed by atoms with Crippen LogP contribution in [0.1, 0.15) is 5.56 Å². The van der Waals surface area contributed by atoms with Crippen molar-refractivity contribution in [3.8, 4) is 11.5 Å². The van der Waals surface area contributed by atoms with Crippen molar-refractivity contribution in [3.05, 3.63) is 58.6 Å². The van der Waals surface area contributed by atoms with Crippen LogP contribution in [0, 0.1) is 0 Å². The first-order valence-corrected chi connectivity index (χ1v) is 7.14. The summed E-state index contributed by atoms with van der Waals surface area (Å²) in [5.41, 5.74) is 0.817. The Morgan fingerprint density at radius 3 is 2.52 bits per heavy atom. The lowest BCUT2D eigenvalue weighted by Gasteiger charge is -2.09. The summed E-state index contributed by atoms with van der Waals surface area (Å²) in [6.45, 7) is 0.0311. The molecule has 110 valence electrons. The smallest absolute Gasteiger partial charge is 0.344 e. The van der Waals surface area contributed by atoms with Gasteiger partial charge in [0.15, 0.2) is 6.61 Å². The molecule has 0 atom stereocenters. The second-order valence-corrected chi connectivity index (χ2v) is 5.13. The van der Waals surface area contributed by atoms with Crippen molar-refractivity contribution in [2.45, 2.75) is 6.61 Å². The van der Waals surface area contributed by atoms with Crippen LogP contribution in [0.5, 0.6) is 11.5 Å². The van der Waals surface area contributed by atoms with E-state index >= 15 is 0 Å². The van der Waals surface area contributed by atoms with Crippen molar-refractivity contribution in [1.82, 2.24) is 0 Å². The molecule has 0 aromatic heterocycles. The number of hydrogen-bond acceptors (Lipinski definition) is 4. The zero-order chi connectivity index (χ0) is 15.1. The minimum atomic E-state index is -0.427. The Balaban J connectivity index is 1.81. The molecule has 4 nitrogen and oxygen atoms in total. The molecule has 0 bridgehead atoms. The maximum Gasteiger partial charge on any atom is 0.344 e. The molecule has 2 aromatic carbocycles. The van der Waals surface area contributed by atoms with Crippen molar-refractivity contribution in [1.29, 1.82) is 0 Å². The second kappa shape index (κ2) is 7.69. The lowest BCUT2D eigenvalue weighted by Crippen LogP contribution is -2.14. The highest BCUT2D eigenvalue weighted by Crippen LogP contribution is 2.18. The molecule has 0 heterocycles. The highest BCUT2D eigenvalue weighted by atomic mass is 79.9. The molecule has 0 spiro atoms. The monoisotopic (exact) mass is 350 g/mol. The maximum atomic E-state index is 11.7. The number of methoxy groups -OCH3 is 1. The van der Waals surface area contributed by atoms with Gasteiger partial charge >= 0.3 is 5.97 Å². The van der Waals surface area contributed by atoms with E-state index in [2.05, 4.69) is 15.9 Å². The number of halogens is 1. The topological polar surface area (TPSA) is 44.8 Å². The molecule has 0 aliphatic heterocycles. The van der Waals surface area contributed by atoms with Gasteiger partial charge in [0.1, 0.15) is 18.1 Å². The van der Waals surface area contributed by atoms with E-state index in [4.69, 9.17) is 14.2 Å². The Bertz CT molecular complexity index is 595. The third-order valence-electron chi connectivity index (χ3n) is 2.75. The van der Waals surface area contributed by atoms with Crippen molar-refractivity contribution >= 4 is 21.9 Å². The zero-order valence-corrected chi connectivity index (χ0v) is 13.1. The first-order valence-electron chi connectivity index (χ1n) is 6.35. The van der Waals surface area contributed by atoms with E-state index in [0.29, 0.717) is 11.5 Å². The van der Waals surface area contributed by atoms with Gasteiger partial charge in [0.2, 0.25) is 0 Å². The van der Waals surface area contributed by atoms with Crippen molar-refractivity contribution in [2.75, 3.05) is 13.7 Å². The Labute approximate surface area is 131 Å². The van der Waals surface area contributed by atoms with Crippen LogP contribution in [0.15, 0.2) is 53.0 Å². The van der Waals surface area contributed by atoms with Crippen molar-refractivity contribution in [3.63, 3.8) is 0 Å². The molecule has 0 fully saturated rings. The standard InChI is InChI=1S/C16H15BrO4/c1-19-15-5-3-2-4-12(15)10-21-16(18)11-20-14-8-6-13(17)7-9-14/h2-9H,10-11H2,1H3. The van der Waals surface area contributed by atoms with E-state index in [9.17, 15) is 4.79 Å². The summed E-state index contributed by atoms with van der Waals surface area (Å²) in [6, 6.07) is 14.6. The fourth-order valence-corrected chi connectivity index (χ4v) is 1.96. The van der Waals surface area contributed by atoms with E-state index in [-0.39, 0.29) is 13.2 Å². The van der Waals surface area contributed by atoms with Gasteiger partial charge in [-0.25, -0.2) is 4.79 Å². The molecular weight excluding hydrogens is 336 g/mol. The second-order valence-electron chi connectivity index (χ2n) is 4.22. The SMILES string of the molecule is COc1ccccc1COC(=O)COc1ccc(Br)cc1. The zero-order valence-electron chi connectivity index (χ0n) is 11.5. The van der Waals surface area contributed by atoms with Crippen LogP contribution in [0.2, 0.25) is 0 Å². The van der Waals surface area contributed by atoms with Crippen molar-refractivity contribution in [2.24, 2.45) is 0 Å². The van der Waals surface area contributed by atoms with Crippen LogP contribution >= 0.6 is 15.9 Å². The predicted molar refractivity (Wildman–Crippen MR) is 82.4 cm³/mol. The van der Waals surface area contributed by atoms with Crippen LogP contribution in [0.25, 0.3) is 0 Å². The Hall–Kier alpha value is -2.01. The number of para-hydroxylation sites is 1. The van der Waals surface area contributed by atoms with E-state index < -0.39 is 5.97 Å². The van der Waals surface area contributed by atoms with Crippen LogP contribution in [-0.4, -0.2) is 19.7 Å². The minimum absolute atomic E-state index is 0.128. The lowest BCUT2D eigenvalue weighted by molar-refractivity contribution is -0.147. The highest BCUT2D eigenvalue weighted by molar-refractivity contribution is 9.10. The quantitative estimate of drug-likeness (QED) is 0.747. The lowest BCUT2D eigenvalue weighted by atomic mass is 10.2. The molecule has 0 saturated heterocycles. The number of esters is 1. The van der Waals surface area contributed by atoms with E-state index in [1.165, 1.54) is 0 Å². The molecule has 0 aliphatic carbocycles. The van der Waals surface area contributed by atoms with E-state index in [1.54, 1.807) is 19.2 Å². The van der Waals surface area contributed by atoms with Gasteiger partial charge in [-0.2, -0.15) is 0 Å². The minimum Gasteiger partial charge on any atom is -0.496 e. The average molecular weight is 351 g/mol. The van der Waals surface area contributed by atoms with Gasteiger partial charge in [0.25, 0.3) is 0 Å². The van der Waals surface area contributed by atoms with Crippen LogP contribution in [0.4, 0.5) is 0 Å². The number of ether oxygens (including phenoxy) is 3. The first-order chi connectivity index (χ1) is 10.2. The van der Waals surface area contributed by atoms with Gasteiger partial charge in [-0.1, -0.05) is 34.1 Å². The summed E-state index contributed by atoms with van der Waals surface area (Å²) in [6.07, 6.45) is 0. The third-order valence-corrected chi connectivity index (χ3v) is 3.28. The van der Waals surface area contributed by atoms with E-state index in [0.717, 1.165) is 10.0 Å². The van der Waals surface area contributed by atoms with Gasteiger partial charge in [0.05, 0.1) is 7.11 Å². The molecule has 2 aromatic rings. The van der Waals surface area contributed by atoms with Gasteiger partial charge in [-0.05, 0) is 30.3 Å². The molecule has 0 aliphatic rings. The number of benzene rings is 2. The van der Waals surface area contributed by atoms with Crippen molar-refractivity contribution < 1.29 is 19.0 Å². The first kappa shape index (κ1) is 15.4. The molecule has 0 radical (unpaired) electrons. The summed E-state index contributed by atoms with van der Waals surface area (Å²) in [4.78, 5) is 11.7. The van der Waals surface area contributed by atoms with Gasteiger partial charge in [0, 0.05) is 10.0 Å². The molecule has 0 saturated carbocycles. The fourth-order valence-electron chi connectivity index (χ4n) is 1.70. The summed E-state index contributed by atoms with van der Waals surface area (Å²) < 4.78 is 16.6. The highest BCUT2D eigenvalue weighted by Gasteiger charge is 2.07. The Morgan fingerprint density at radius 1 is 1.10 bits per heavy atom. The summed E-state index contributed by atoms with van der Waals surface area (Å²) in [5, 5.41) is 0. The summed E-state index contributed by atoms with van der Waals surface area (Å²) in [7, 11) is 1.58. The number of hydrogen-bond donors (Lipinski definition) is 0. The molecule has 21 heavy (non-hydrogen) atoms. The summed E-state index contributed by atoms with van der Waals surface area (Å²) in [5.74, 6) is 0.885. The summed E-state index contributed by atoms with van der Waals surface area (Å²) >= 11 is 3.33. The molecule has 0 amide bonds.